The van der Waals surface area contributed by atoms with Crippen molar-refractivity contribution in [2.24, 2.45) is 17.3 Å². The summed E-state index contributed by atoms with van der Waals surface area (Å²) in [7, 11) is 3.75. The number of hydrogen-bond donors (Lipinski definition) is 3. The largest absolute Gasteiger partial charge is 0.480 e. The van der Waals surface area contributed by atoms with Crippen LogP contribution in [0.3, 0.4) is 0 Å². The Morgan fingerprint density at radius 3 is 1.96 bits per heavy atom. The molecule has 0 aromatic carbocycles. The van der Waals surface area contributed by atoms with Gasteiger partial charge >= 0.3 is 5.97 Å². The Morgan fingerprint density at radius 2 is 1.67 bits per heavy atom. The fraction of sp³-hybridized carbons (Fsp3) is 0.950. The predicted molar refractivity (Wildman–Crippen MR) is 106 cm³/mol. The topological polar surface area (TPSA) is 61.4 Å². The number of nitrogens with one attached hydrogen (secondary N) is 2. The molecule has 24 heavy (non-hydrogen) atoms. The van der Waals surface area contributed by atoms with Gasteiger partial charge in [-0.05, 0) is 57.0 Å². The molecule has 0 aliphatic heterocycles. The van der Waals surface area contributed by atoms with Crippen LogP contribution in [-0.4, -0.2) is 37.8 Å². The third-order valence-corrected chi connectivity index (χ3v) is 4.67. The molecule has 4 heteroatoms. The minimum atomic E-state index is -0.745. The lowest BCUT2D eigenvalue weighted by molar-refractivity contribution is -0.136. The van der Waals surface area contributed by atoms with Crippen molar-refractivity contribution in [1.29, 1.82) is 0 Å². The zero-order valence-electron chi connectivity index (χ0n) is 17.5. The lowest BCUT2D eigenvalue weighted by atomic mass is 9.64. The van der Waals surface area contributed by atoms with Crippen LogP contribution in [0.25, 0.3) is 0 Å². The number of aliphatic carboxylic acids is 1. The summed E-state index contributed by atoms with van der Waals surface area (Å²) in [4.78, 5) is 10.3. The van der Waals surface area contributed by atoms with Crippen LogP contribution >= 0.6 is 0 Å². The molecule has 4 nitrogen and oxygen atoms in total. The molecule has 1 spiro atoms. The maximum absolute atomic E-state index is 10.3. The monoisotopic (exact) mass is 344 g/mol. The zero-order valence-corrected chi connectivity index (χ0v) is 17.5. The molecule has 2 fully saturated rings. The highest BCUT2D eigenvalue weighted by molar-refractivity contribution is 5.69. The van der Waals surface area contributed by atoms with Crippen molar-refractivity contribution in [1.82, 2.24) is 10.6 Å². The molecule has 0 aromatic heterocycles. The van der Waals surface area contributed by atoms with Crippen molar-refractivity contribution in [3.8, 4) is 0 Å². The number of carboxylic acid groups (broad SMARTS) is 1. The van der Waals surface area contributed by atoms with Gasteiger partial charge in [0.05, 0.1) is 6.54 Å². The second-order valence-corrected chi connectivity index (χ2v) is 7.53. The lowest BCUT2D eigenvalue weighted by Gasteiger charge is -2.46. The Kier molecular flexibility index (Phi) is 15.7. The van der Waals surface area contributed by atoms with E-state index in [1.54, 1.807) is 0 Å². The molecular formula is C20H44N2O2. The molecule has 1 unspecified atom stereocenters. The first-order valence-corrected chi connectivity index (χ1v) is 9.82. The SMILES string of the molecule is CC.CC1CCC2(C1)CC(NCC(=O)O)C2.CCC(C)C.CNC. The molecule has 2 aliphatic carbocycles. The van der Waals surface area contributed by atoms with Crippen LogP contribution in [0, 0.1) is 17.3 Å². The Balaban J connectivity index is 0. The van der Waals surface area contributed by atoms with Gasteiger partial charge in [0.2, 0.25) is 0 Å². The smallest absolute Gasteiger partial charge is 0.317 e. The molecular weight excluding hydrogens is 300 g/mol. The van der Waals surface area contributed by atoms with Crippen molar-refractivity contribution < 1.29 is 9.90 Å². The number of carbonyl (C=O) groups is 1. The highest BCUT2D eigenvalue weighted by atomic mass is 16.4. The molecule has 0 aromatic rings. The van der Waals surface area contributed by atoms with Crippen molar-refractivity contribution in [3.05, 3.63) is 0 Å². The van der Waals surface area contributed by atoms with Crippen LogP contribution in [0.1, 0.15) is 80.1 Å². The number of hydrogen-bond acceptors (Lipinski definition) is 3. The Hall–Kier alpha value is -0.610. The van der Waals surface area contributed by atoms with E-state index in [0.29, 0.717) is 11.5 Å². The van der Waals surface area contributed by atoms with Crippen molar-refractivity contribution >= 4 is 5.97 Å². The normalized spacial score (nSPS) is 27.0. The summed E-state index contributed by atoms with van der Waals surface area (Å²) in [5.41, 5.74) is 0.593. The molecule has 0 heterocycles. The molecule has 146 valence electrons. The summed E-state index contributed by atoms with van der Waals surface area (Å²) in [6.07, 6.45) is 7.79. The summed E-state index contributed by atoms with van der Waals surface area (Å²) >= 11 is 0. The van der Waals surface area contributed by atoms with Crippen LogP contribution in [0.5, 0.6) is 0 Å². The molecule has 3 N–H and O–H groups in total. The first-order chi connectivity index (χ1) is 11.3. The standard InChI is InChI=1S/C11H19NO2.C5H12.C2H7N.C2H6/c1-8-2-3-11(4-8)5-9(6-11)12-7-10(13)14;1-4-5(2)3;1-3-2;1-2/h8-9,12H,2-7H2,1H3,(H,13,14);5H,4H2,1-3H3;3H,1-2H3;1-2H3. The Morgan fingerprint density at radius 1 is 1.21 bits per heavy atom. The molecule has 2 saturated carbocycles. The van der Waals surface area contributed by atoms with E-state index in [2.05, 4.69) is 38.3 Å². The first-order valence-electron chi connectivity index (χ1n) is 9.82. The molecule has 0 saturated heterocycles. The van der Waals surface area contributed by atoms with Gasteiger partial charge in [0, 0.05) is 6.04 Å². The minimum absolute atomic E-state index is 0.121. The van der Waals surface area contributed by atoms with E-state index in [-0.39, 0.29) is 6.54 Å². The van der Waals surface area contributed by atoms with E-state index in [4.69, 9.17) is 5.11 Å². The third kappa shape index (κ3) is 11.9. The summed E-state index contributed by atoms with van der Waals surface area (Å²) in [6, 6.07) is 0.469. The predicted octanol–water partition coefficient (Wildman–Crippen LogP) is 4.54. The quantitative estimate of drug-likeness (QED) is 0.700. The fourth-order valence-corrected chi connectivity index (χ4v) is 3.23. The van der Waals surface area contributed by atoms with E-state index in [1.165, 1.54) is 38.5 Å². The highest BCUT2D eigenvalue weighted by Crippen LogP contribution is 2.54. The number of carboxylic acids is 1. The Bertz CT molecular complexity index is 300. The van der Waals surface area contributed by atoms with Crippen LogP contribution in [-0.2, 0) is 4.79 Å². The molecule has 0 bridgehead atoms. The molecule has 2 aliphatic rings. The van der Waals surface area contributed by atoms with Gasteiger partial charge in [-0.2, -0.15) is 0 Å². The summed E-state index contributed by atoms with van der Waals surface area (Å²) in [5, 5.41) is 14.4. The molecule has 0 amide bonds. The van der Waals surface area contributed by atoms with Gasteiger partial charge in [-0.25, -0.2) is 0 Å². The lowest BCUT2D eigenvalue weighted by Crippen LogP contribution is -2.49. The molecule has 0 radical (unpaired) electrons. The van der Waals surface area contributed by atoms with Gasteiger partial charge in [0.1, 0.15) is 0 Å². The van der Waals surface area contributed by atoms with E-state index in [9.17, 15) is 4.79 Å². The Labute approximate surface area is 151 Å². The minimum Gasteiger partial charge on any atom is -0.480 e. The van der Waals surface area contributed by atoms with E-state index < -0.39 is 5.97 Å². The second kappa shape index (κ2) is 14.7. The summed E-state index contributed by atoms with van der Waals surface area (Å²) in [5.74, 6) is 1.02. The highest BCUT2D eigenvalue weighted by Gasteiger charge is 2.47. The van der Waals surface area contributed by atoms with Crippen molar-refractivity contribution in [2.45, 2.75) is 86.1 Å². The van der Waals surface area contributed by atoms with Crippen molar-refractivity contribution in [3.63, 3.8) is 0 Å². The summed E-state index contributed by atoms with van der Waals surface area (Å²) in [6.45, 7) is 13.1. The fourth-order valence-electron chi connectivity index (χ4n) is 3.23. The number of rotatable bonds is 4. The van der Waals surface area contributed by atoms with Gasteiger partial charge in [0.25, 0.3) is 0 Å². The van der Waals surface area contributed by atoms with Gasteiger partial charge < -0.3 is 15.7 Å². The van der Waals surface area contributed by atoms with Gasteiger partial charge in [-0.3, -0.25) is 4.79 Å². The van der Waals surface area contributed by atoms with Gasteiger partial charge in [-0.1, -0.05) is 54.4 Å². The zero-order chi connectivity index (χ0) is 19.2. The van der Waals surface area contributed by atoms with E-state index in [0.717, 1.165) is 11.8 Å². The second-order valence-electron chi connectivity index (χ2n) is 7.53. The molecule has 1 atom stereocenters. The van der Waals surface area contributed by atoms with Crippen LogP contribution in [0.2, 0.25) is 0 Å². The average molecular weight is 345 g/mol. The third-order valence-electron chi connectivity index (χ3n) is 4.67. The van der Waals surface area contributed by atoms with Crippen molar-refractivity contribution in [2.75, 3.05) is 20.6 Å². The maximum atomic E-state index is 10.3. The average Bonchev–Trinajstić information content (AvgIpc) is 2.89. The first kappa shape index (κ1) is 25.6. The summed E-state index contributed by atoms with van der Waals surface area (Å²) < 4.78 is 0. The van der Waals surface area contributed by atoms with Gasteiger partial charge in [0.15, 0.2) is 0 Å². The van der Waals surface area contributed by atoms with E-state index in [1.807, 2.05) is 27.9 Å². The van der Waals surface area contributed by atoms with Gasteiger partial charge in [-0.15, -0.1) is 0 Å². The van der Waals surface area contributed by atoms with E-state index >= 15 is 0 Å². The van der Waals surface area contributed by atoms with Crippen LogP contribution in [0.15, 0.2) is 0 Å². The van der Waals surface area contributed by atoms with Crippen LogP contribution < -0.4 is 10.6 Å². The van der Waals surface area contributed by atoms with Crippen LogP contribution in [0.4, 0.5) is 0 Å². The maximum Gasteiger partial charge on any atom is 0.317 e. The molecule has 2 rings (SSSR count).